The molecular weight excluding hydrogens is 194 g/mol. The minimum absolute atomic E-state index is 0. The molecule has 0 amide bonds. The zero-order chi connectivity index (χ0) is 6.97. The Morgan fingerprint density at radius 1 is 1.27 bits per heavy atom. The van der Waals surface area contributed by atoms with Crippen molar-refractivity contribution in [3.8, 4) is 0 Å². The summed E-state index contributed by atoms with van der Waals surface area (Å²) >= 11 is 0.487. The fourth-order valence-electron chi connectivity index (χ4n) is 1.05. The van der Waals surface area contributed by atoms with Crippen molar-refractivity contribution < 1.29 is 18.9 Å². The third-order valence-corrected chi connectivity index (χ3v) is 3.67. The van der Waals surface area contributed by atoms with E-state index in [4.69, 9.17) is 0 Å². The van der Waals surface area contributed by atoms with Crippen LogP contribution in [-0.4, -0.2) is 14.5 Å². The summed E-state index contributed by atoms with van der Waals surface area (Å²) in [5.74, 6) is 0. The van der Waals surface area contributed by atoms with Gasteiger partial charge in [0.1, 0.15) is 0 Å². The third kappa shape index (κ3) is 1.63. The number of aryl methyl sites for hydroxylation is 1. The van der Waals surface area contributed by atoms with Crippen LogP contribution in [0.2, 0.25) is 0 Å². The van der Waals surface area contributed by atoms with Gasteiger partial charge in [-0.3, -0.25) is 0 Å². The van der Waals surface area contributed by atoms with Gasteiger partial charge in [-0.15, -0.1) is 0 Å². The second-order valence-electron chi connectivity index (χ2n) is 2.33. The minimum atomic E-state index is 0. The zero-order valence-electron chi connectivity index (χ0n) is 6.72. The van der Waals surface area contributed by atoms with Gasteiger partial charge in [0.25, 0.3) is 0 Å². The summed E-state index contributed by atoms with van der Waals surface area (Å²) < 4.78 is 1.48. The van der Waals surface area contributed by atoms with Crippen LogP contribution in [0, 0.1) is 11.9 Å². The molecule has 1 heterocycles. The first kappa shape index (κ1) is 9.17. The van der Waals surface area contributed by atoms with Gasteiger partial charge in [0.2, 0.25) is 0 Å². The first-order chi connectivity index (χ1) is 4.88. The van der Waals surface area contributed by atoms with E-state index in [0.717, 1.165) is 0 Å². The van der Waals surface area contributed by atoms with Crippen molar-refractivity contribution in [2.75, 3.05) is 0 Å². The summed E-state index contributed by atoms with van der Waals surface area (Å²) in [6.45, 7) is 2.13. The van der Waals surface area contributed by atoms with Gasteiger partial charge in [0.05, 0.1) is 0 Å². The van der Waals surface area contributed by atoms with E-state index in [1.807, 2.05) is 0 Å². The van der Waals surface area contributed by atoms with Crippen molar-refractivity contribution in [2.45, 2.75) is 6.92 Å². The summed E-state index contributed by atoms with van der Waals surface area (Å²) in [5, 5.41) is 1.41. The number of fused-ring (bicyclic) bond motifs is 1. The molecule has 11 heavy (non-hydrogen) atoms. The molecular formula is C9H7LiSe. The van der Waals surface area contributed by atoms with Crippen LogP contribution >= 0.6 is 0 Å². The Bertz CT molecular complexity index is 351. The summed E-state index contributed by atoms with van der Waals surface area (Å²) in [6, 6.07) is 8.55. The Hall–Kier alpha value is 0.0769. The number of rotatable bonds is 0. The third-order valence-electron chi connectivity index (χ3n) is 1.61. The molecule has 50 valence electrons. The van der Waals surface area contributed by atoms with Gasteiger partial charge in [0, 0.05) is 0 Å². The van der Waals surface area contributed by atoms with Crippen LogP contribution in [0.4, 0.5) is 0 Å². The van der Waals surface area contributed by atoms with Crippen molar-refractivity contribution in [1.82, 2.24) is 0 Å². The topological polar surface area (TPSA) is 0 Å². The number of benzene rings is 1. The molecule has 0 aliphatic carbocycles. The van der Waals surface area contributed by atoms with E-state index in [1.165, 1.54) is 15.2 Å². The van der Waals surface area contributed by atoms with Gasteiger partial charge in [0.15, 0.2) is 0 Å². The van der Waals surface area contributed by atoms with Gasteiger partial charge < -0.3 is 0 Å². The summed E-state index contributed by atoms with van der Waals surface area (Å²) in [4.78, 5) is 3.36. The molecule has 0 N–H and O–H groups in total. The summed E-state index contributed by atoms with van der Waals surface area (Å²) in [6.07, 6.45) is 0. The van der Waals surface area contributed by atoms with Crippen LogP contribution < -0.4 is 18.9 Å². The quantitative estimate of drug-likeness (QED) is 0.379. The summed E-state index contributed by atoms with van der Waals surface area (Å²) in [7, 11) is 0. The fourth-order valence-corrected chi connectivity index (χ4v) is 2.84. The van der Waals surface area contributed by atoms with Crippen LogP contribution in [0.1, 0.15) is 5.56 Å². The molecule has 1 aromatic carbocycles. The molecule has 0 aliphatic rings. The van der Waals surface area contributed by atoms with Gasteiger partial charge in [-0.1, -0.05) is 0 Å². The molecule has 0 fully saturated rings. The minimum Gasteiger partial charge on any atom is 1.00 e. The second kappa shape index (κ2) is 3.65. The van der Waals surface area contributed by atoms with E-state index in [9.17, 15) is 0 Å². The van der Waals surface area contributed by atoms with Crippen LogP contribution in [0.15, 0.2) is 24.3 Å². The Labute approximate surface area is 84.5 Å². The Morgan fingerprint density at radius 2 is 2.00 bits per heavy atom. The first-order valence-corrected chi connectivity index (χ1v) is 4.95. The second-order valence-corrected chi connectivity index (χ2v) is 4.10. The van der Waals surface area contributed by atoms with E-state index < -0.39 is 0 Å². The number of hydrogen-bond donors (Lipinski definition) is 0. The van der Waals surface area contributed by atoms with Crippen molar-refractivity contribution in [1.29, 1.82) is 0 Å². The molecule has 0 spiro atoms. The SMILES string of the molecule is Cc1[c-][se]c2ccccc12.[Li+]. The van der Waals surface area contributed by atoms with E-state index in [-0.39, 0.29) is 18.9 Å². The molecule has 0 bridgehead atoms. The van der Waals surface area contributed by atoms with Crippen LogP contribution in [0.25, 0.3) is 9.65 Å². The Morgan fingerprint density at radius 3 is 2.73 bits per heavy atom. The predicted molar refractivity (Wildman–Crippen MR) is 44.5 cm³/mol. The predicted octanol–water partition coefficient (Wildman–Crippen LogP) is -0.991. The van der Waals surface area contributed by atoms with Crippen LogP contribution in [0.3, 0.4) is 0 Å². The van der Waals surface area contributed by atoms with E-state index in [1.54, 1.807) is 0 Å². The molecule has 0 atom stereocenters. The van der Waals surface area contributed by atoms with Crippen LogP contribution in [-0.2, 0) is 0 Å². The van der Waals surface area contributed by atoms with Gasteiger partial charge in [-0.05, 0) is 0 Å². The van der Waals surface area contributed by atoms with E-state index in [0.29, 0.717) is 14.5 Å². The van der Waals surface area contributed by atoms with Gasteiger partial charge >= 0.3 is 84.7 Å². The Balaban J connectivity index is 0.000000605. The number of hydrogen-bond acceptors (Lipinski definition) is 0. The molecule has 0 unspecified atom stereocenters. The molecule has 2 aromatic rings. The maximum atomic E-state index is 3.36. The molecule has 2 rings (SSSR count). The van der Waals surface area contributed by atoms with Crippen LogP contribution in [0.5, 0.6) is 0 Å². The Kier molecular flexibility index (Phi) is 3.04. The van der Waals surface area contributed by atoms with E-state index >= 15 is 0 Å². The maximum absolute atomic E-state index is 3.36. The molecule has 0 nitrogen and oxygen atoms in total. The van der Waals surface area contributed by atoms with Crippen molar-refractivity contribution in [2.24, 2.45) is 0 Å². The summed E-state index contributed by atoms with van der Waals surface area (Å²) in [5.41, 5.74) is 1.33. The van der Waals surface area contributed by atoms with Crippen molar-refractivity contribution >= 4 is 24.1 Å². The normalized spacial score (nSPS) is 9.55. The molecule has 0 aliphatic heterocycles. The fraction of sp³-hybridized carbons (Fsp3) is 0.111. The largest absolute Gasteiger partial charge is 1.00 e. The van der Waals surface area contributed by atoms with E-state index in [2.05, 4.69) is 36.1 Å². The molecule has 2 heteroatoms. The zero-order valence-corrected chi connectivity index (χ0v) is 8.43. The standard InChI is InChI=1S/C9H7Se.Li/c1-7-6-10-9-5-3-2-4-8(7)9;/h2-5H,1H3;/q-1;+1. The first-order valence-electron chi connectivity index (χ1n) is 3.24. The van der Waals surface area contributed by atoms with Gasteiger partial charge in [-0.25, -0.2) is 0 Å². The average Bonchev–Trinajstić information content (AvgIpc) is 2.34. The van der Waals surface area contributed by atoms with Gasteiger partial charge in [-0.2, -0.15) is 0 Å². The average molecular weight is 201 g/mol. The molecule has 0 saturated heterocycles. The molecule has 0 saturated carbocycles. The molecule has 0 radical (unpaired) electrons. The van der Waals surface area contributed by atoms with Crippen molar-refractivity contribution in [3.63, 3.8) is 0 Å². The van der Waals surface area contributed by atoms with Crippen molar-refractivity contribution in [3.05, 3.63) is 34.8 Å². The maximum Gasteiger partial charge on any atom is 1.00 e. The monoisotopic (exact) mass is 202 g/mol. The molecule has 1 aromatic heterocycles. The smallest absolute Gasteiger partial charge is 1.00 e.